The van der Waals surface area contributed by atoms with Gasteiger partial charge in [-0.15, -0.1) is 0 Å². The number of thiocarbonyl (C=S) groups is 1. The largest absolute Gasteiger partial charge is 0.490 e. The van der Waals surface area contributed by atoms with E-state index in [1.54, 1.807) is 29.2 Å². The summed E-state index contributed by atoms with van der Waals surface area (Å²) in [5, 5.41) is 0.861. The molecule has 0 radical (unpaired) electrons. The first kappa shape index (κ1) is 24.8. The van der Waals surface area contributed by atoms with E-state index in [4.69, 9.17) is 26.1 Å². The molecule has 1 aromatic heterocycles. The van der Waals surface area contributed by atoms with Crippen LogP contribution in [0, 0.1) is 6.92 Å². The molecule has 0 aliphatic carbocycles. The van der Waals surface area contributed by atoms with E-state index in [1.165, 1.54) is 11.8 Å². The smallest absolute Gasteiger partial charge is 0.380 e. The summed E-state index contributed by atoms with van der Waals surface area (Å²) in [6, 6.07) is 22.3. The molecule has 1 aliphatic heterocycles. The van der Waals surface area contributed by atoms with E-state index >= 15 is 0 Å². The van der Waals surface area contributed by atoms with Gasteiger partial charge in [0, 0.05) is 10.9 Å². The highest BCUT2D eigenvalue weighted by Crippen LogP contribution is 2.36. The van der Waals surface area contributed by atoms with E-state index in [-0.39, 0.29) is 17.4 Å². The second-order valence-electron chi connectivity index (χ2n) is 8.33. The number of para-hydroxylation sites is 1. The molecule has 6 nitrogen and oxygen atoms in total. The molecule has 5 rings (SSSR count). The molecule has 8 heteroatoms. The maximum Gasteiger partial charge on any atom is 0.380 e. The standard InChI is InChI=1S/C29H23NO5S2/c1-3-33-24-15-20(16-25-27(31)30(29(36)37-25)17-19-9-5-4-6-10-19)13-14-23(24)35-28(32)26-18(2)21-11-7-8-12-22(21)34-26/h4-16H,3,17H2,1-2H3. The Morgan fingerprint density at radius 1 is 1.05 bits per heavy atom. The zero-order valence-corrected chi connectivity index (χ0v) is 21.9. The number of amides is 1. The van der Waals surface area contributed by atoms with Gasteiger partial charge in [-0.25, -0.2) is 4.79 Å². The first-order chi connectivity index (χ1) is 17.9. The van der Waals surface area contributed by atoms with Crippen LogP contribution in [0.1, 0.15) is 34.2 Å². The Hall–Kier alpha value is -3.88. The van der Waals surface area contributed by atoms with Crippen molar-refractivity contribution in [1.82, 2.24) is 4.90 Å². The van der Waals surface area contributed by atoms with E-state index in [0.717, 1.165) is 16.5 Å². The third-order valence-electron chi connectivity index (χ3n) is 5.85. The van der Waals surface area contributed by atoms with Gasteiger partial charge in [-0.2, -0.15) is 0 Å². The van der Waals surface area contributed by atoms with Crippen molar-refractivity contribution in [2.75, 3.05) is 6.61 Å². The van der Waals surface area contributed by atoms with Gasteiger partial charge in [-0.1, -0.05) is 78.6 Å². The van der Waals surface area contributed by atoms with E-state index in [9.17, 15) is 9.59 Å². The van der Waals surface area contributed by atoms with Crippen LogP contribution in [0.5, 0.6) is 11.5 Å². The monoisotopic (exact) mass is 529 g/mol. The molecule has 2 heterocycles. The van der Waals surface area contributed by atoms with Crippen molar-refractivity contribution in [3.63, 3.8) is 0 Å². The highest BCUT2D eigenvalue weighted by Gasteiger charge is 2.32. The summed E-state index contributed by atoms with van der Waals surface area (Å²) < 4.78 is 17.7. The molecule has 1 saturated heterocycles. The minimum atomic E-state index is -0.607. The van der Waals surface area contributed by atoms with Crippen molar-refractivity contribution < 1.29 is 23.5 Å². The molecule has 0 unspecified atom stereocenters. The normalized spacial score (nSPS) is 14.5. The summed E-state index contributed by atoms with van der Waals surface area (Å²) in [7, 11) is 0. The average molecular weight is 530 g/mol. The number of hydrogen-bond acceptors (Lipinski definition) is 7. The van der Waals surface area contributed by atoms with Gasteiger partial charge < -0.3 is 13.9 Å². The predicted molar refractivity (Wildman–Crippen MR) is 149 cm³/mol. The van der Waals surface area contributed by atoms with Crippen LogP contribution < -0.4 is 9.47 Å². The molecule has 0 N–H and O–H groups in total. The third kappa shape index (κ3) is 5.16. The van der Waals surface area contributed by atoms with Gasteiger partial charge in [-0.3, -0.25) is 9.69 Å². The number of aryl methyl sites for hydroxylation is 1. The van der Waals surface area contributed by atoms with Crippen molar-refractivity contribution in [1.29, 1.82) is 0 Å². The molecule has 0 atom stereocenters. The number of ether oxygens (including phenoxy) is 2. The second kappa shape index (κ2) is 10.6. The van der Waals surface area contributed by atoms with E-state index < -0.39 is 5.97 Å². The van der Waals surface area contributed by atoms with Gasteiger partial charge in [0.1, 0.15) is 9.90 Å². The molecule has 0 bridgehead atoms. The Morgan fingerprint density at radius 2 is 1.81 bits per heavy atom. The summed E-state index contributed by atoms with van der Waals surface area (Å²) in [6.07, 6.45) is 1.77. The first-order valence-corrected chi connectivity index (χ1v) is 12.9. The maximum atomic E-state index is 13.0. The number of benzene rings is 3. The number of hydrogen-bond donors (Lipinski definition) is 0. The topological polar surface area (TPSA) is 69.0 Å². The number of carbonyl (C=O) groups is 2. The lowest BCUT2D eigenvalue weighted by Gasteiger charge is -2.14. The van der Waals surface area contributed by atoms with Crippen LogP contribution in [-0.4, -0.2) is 27.7 Å². The fraction of sp³-hybridized carbons (Fsp3) is 0.138. The molecule has 37 heavy (non-hydrogen) atoms. The average Bonchev–Trinajstić information content (AvgIpc) is 3.37. The maximum absolute atomic E-state index is 13.0. The van der Waals surface area contributed by atoms with Crippen molar-refractivity contribution in [2.24, 2.45) is 0 Å². The first-order valence-electron chi connectivity index (χ1n) is 11.7. The van der Waals surface area contributed by atoms with E-state index in [1.807, 2.05) is 68.4 Å². The Balaban J connectivity index is 1.37. The van der Waals surface area contributed by atoms with Crippen LogP contribution in [0.4, 0.5) is 0 Å². The molecular weight excluding hydrogens is 506 g/mol. The molecule has 3 aromatic carbocycles. The quantitative estimate of drug-likeness (QED) is 0.113. The van der Waals surface area contributed by atoms with Crippen molar-refractivity contribution in [2.45, 2.75) is 20.4 Å². The summed E-state index contributed by atoms with van der Waals surface area (Å²) >= 11 is 6.72. The second-order valence-corrected chi connectivity index (χ2v) is 10.0. The number of fused-ring (bicyclic) bond motifs is 1. The predicted octanol–water partition coefficient (Wildman–Crippen LogP) is 6.76. The number of thioether (sulfide) groups is 1. The summed E-state index contributed by atoms with van der Waals surface area (Å²) in [5.74, 6) is 0.0466. The van der Waals surface area contributed by atoms with Gasteiger partial charge in [0.05, 0.1) is 18.1 Å². The highest BCUT2D eigenvalue weighted by molar-refractivity contribution is 8.26. The Kier molecular flexibility index (Phi) is 7.12. The minimum absolute atomic E-state index is 0.146. The SMILES string of the molecule is CCOc1cc(C=C2SC(=S)N(Cc3ccccc3)C2=O)ccc1OC(=O)c1oc2ccccc2c1C. The fourth-order valence-corrected chi connectivity index (χ4v) is 5.29. The van der Waals surface area contributed by atoms with Gasteiger partial charge in [0.25, 0.3) is 5.91 Å². The third-order valence-corrected chi connectivity index (χ3v) is 7.23. The summed E-state index contributed by atoms with van der Waals surface area (Å²) in [5.41, 5.74) is 3.07. The van der Waals surface area contributed by atoms with Crippen LogP contribution in [-0.2, 0) is 11.3 Å². The van der Waals surface area contributed by atoms with Gasteiger partial charge in [-0.05, 0) is 49.2 Å². The number of carbonyl (C=O) groups excluding carboxylic acids is 2. The van der Waals surface area contributed by atoms with Gasteiger partial charge in [0.15, 0.2) is 11.5 Å². The lowest BCUT2D eigenvalue weighted by molar-refractivity contribution is -0.122. The lowest BCUT2D eigenvalue weighted by atomic mass is 10.1. The van der Waals surface area contributed by atoms with Crippen LogP contribution in [0.3, 0.4) is 0 Å². The summed E-state index contributed by atoms with van der Waals surface area (Å²) in [6.45, 7) is 4.46. The number of esters is 1. The van der Waals surface area contributed by atoms with Crippen molar-refractivity contribution >= 4 is 57.2 Å². The number of nitrogens with zero attached hydrogens (tertiary/aromatic N) is 1. The molecule has 4 aromatic rings. The molecule has 1 fully saturated rings. The number of rotatable bonds is 7. The zero-order valence-electron chi connectivity index (χ0n) is 20.2. The zero-order chi connectivity index (χ0) is 25.9. The summed E-state index contributed by atoms with van der Waals surface area (Å²) in [4.78, 5) is 28.1. The molecule has 0 saturated carbocycles. The van der Waals surface area contributed by atoms with Crippen LogP contribution in [0.15, 0.2) is 82.1 Å². The Bertz CT molecular complexity index is 1540. The molecule has 1 aliphatic rings. The van der Waals surface area contributed by atoms with Crippen LogP contribution in [0.2, 0.25) is 0 Å². The molecular formula is C29H23NO5S2. The van der Waals surface area contributed by atoms with E-state index in [2.05, 4.69) is 0 Å². The van der Waals surface area contributed by atoms with Crippen molar-refractivity contribution in [3.05, 3.63) is 100 Å². The Morgan fingerprint density at radius 3 is 2.57 bits per heavy atom. The lowest BCUT2D eigenvalue weighted by Crippen LogP contribution is -2.27. The van der Waals surface area contributed by atoms with Crippen LogP contribution in [0.25, 0.3) is 17.0 Å². The Labute approximate surface area is 223 Å². The molecule has 186 valence electrons. The fourth-order valence-electron chi connectivity index (χ4n) is 4.04. The molecule has 0 spiro atoms. The number of furan rings is 1. The highest BCUT2D eigenvalue weighted by atomic mass is 32.2. The van der Waals surface area contributed by atoms with Crippen LogP contribution >= 0.6 is 24.0 Å². The minimum Gasteiger partial charge on any atom is -0.490 e. The van der Waals surface area contributed by atoms with E-state index in [0.29, 0.717) is 39.3 Å². The molecule has 1 amide bonds. The van der Waals surface area contributed by atoms with Gasteiger partial charge in [0.2, 0.25) is 5.76 Å². The van der Waals surface area contributed by atoms with Gasteiger partial charge >= 0.3 is 5.97 Å². The van der Waals surface area contributed by atoms with Crippen molar-refractivity contribution in [3.8, 4) is 11.5 Å².